The first-order valence-electron chi connectivity index (χ1n) is 4.72. The van der Waals surface area contributed by atoms with Gasteiger partial charge in [0.1, 0.15) is 6.54 Å². The zero-order valence-electron chi connectivity index (χ0n) is 9.28. The van der Waals surface area contributed by atoms with Crippen molar-refractivity contribution in [3.05, 3.63) is 24.3 Å². The highest BCUT2D eigenvalue weighted by molar-refractivity contribution is 5.78. The van der Waals surface area contributed by atoms with Crippen LogP contribution in [0.25, 0.3) is 0 Å². The molecule has 0 spiro atoms. The molecule has 1 aromatic carbocycles. The number of hydrogen-bond acceptors (Lipinski definition) is 4. The first-order valence-corrected chi connectivity index (χ1v) is 4.72. The molecule has 0 aliphatic rings. The molecule has 0 radical (unpaired) electrons. The second kappa shape index (κ2) is 5.24. The number of ether oxygens (including phenoxy) is 1. The van der Waals surface area contributed by atoms with Crippen molar-refractivity contribution in [1.82, 2.24) is 0 Å². The standard InChI is InChI=1S/C11H16N2O2/c1-13(2)10-7-5-4-6-9(10)12-8-11(14)15-3/h4-7,12H,8H2,1-3H3. The van der Waals surface area contributed by atoms with Gasteiger partial charge in [0.15, 0.2) is 0 Å². The number of carbonyl (C=O) groups is 1. The molecule has 0 fully saturated rings. The van der Waals surface area contributed by atoms with Gasteiger partial charge < -0.3 is 15.0 Å². The third-order valence-electron chi connectivity index (χ3n) is 2.04. The molecule has 15 heavy (non-hydrogen) atoms. The second-order valence-corrected chi connectivity index (χ2v) is 3.34. The van der Waals surface area contributed by atoms with Crippen molar-refractivity contribution in [1.29, 1.82) is 0 Å². The summed E-state index contributed by atoms with van der Waals surface area (Å²) < 4.78 is 4.56. The Kier molecular flexibility index (Phi) is 3.97. The topological polar surface area (TPSA) is 41.6 Å². The quantitative estimate of drug-likeness (QED) is 0.758. The van der Waals surface area contributed by atoms with E-state index in [1.54, 1.807) is 0 Å². The number of benzene rings is 1. The monoisotopic (exact) mass is 208 g/mol. The fourth-order valence-corrected chi connectivity index (χ4v) is 1.25. The first-order chi connectivity index (χ1) is 7.15. The molecule has 0 aromatic heterocycles. The minimum Gasteiger partial charge on any atom is -0.468 e. The second-order valence-electron chi connectivity index (χ2n) is 3.34. The van der Waals surface area contributed by atoms with Gasteiger partial charge in [0.25, 0.3) is 0 Å². The Morgan fingerprint density at radius 2 is 2.07 bits per heavy atom. The largest absolute Gasteiger partial charge is 0.468 e. The van der Waals surface area contributed by atoms with Gasteiger partial charge in [-0.1, -0.05) is 12.1 Å². The van der Waals surface area contributed by atoms with Crippen LogP contribution in [0.1, 0.15) is 0 Å². The smallest absolute Gasteiger partial charge is 0.325 e. The lowest BCUT2D eigenvalue weighted by Gasteiger charge is -2.17. The van der Waals surface area contributed by atoms with E-state index in [9.17, 15) is 4.79 Å². The Morgan fingerprint density at radius 3 is 2.67 bits per heavy atom. The normalized spacial score (nSPS) is 9.53. The average Bonchev–Trinajstić information content (AvgIpc) is 2.26. The van der Waals surface area contributed by atoms with E-state index in [1.165, 1.54) is 7.11 Å². The molecular weight excluding hydrogens is 192 g/mol. The van der Waals surface area contributed by atoms with Gasteiger partial charge >= 0.3 is 5.97 Å². The molecule has 0 saturated heterocycles. The number of para-hydroxylation sites is 2. The molecular formula is C11H16N2O2. The third kappa shape index (κ3) is 3.16. The van der Waals surface area contributed by atoms with Crippen LogP contribution in [0.4, 0.5) is 11.4 Å². The van der Waals surface area contributed by atoms with Crippen molar-refractivity contribution in [2.45, 2.75) is 0 Å². The molecule has 0 aliphatic carbocycles. The summed E-state index contributed by atoms with van der Waals surface area (Å²) in [5.41, 5.74) is 1.97. The third-order valence-corrected chi connectivity index (χ3v) is 2.04. The van der Waals surface area contributed by atoms with Crippen LogP contribution < -0.4 is 10.2 Å². The molecule has 0 saturated carbocycles. The van der Waals surface area contributed by atoms with Gasteiger partial charge in [-0.05, 0) is 12.1 Å². The average molecular weight is 208 g/mol. The van der Waals surface area contributed by atoms with Crippen LogP contribution in [-0.4, -0.2) is 33.7 Å². The van der Waals surface area contributed by atoms with E-state index in [1.807, 2.05) is 43.3 Å². The van der Waals surface area contributed by atoms with Crippen LogP contribution in [0.3, 0.4) is 0 Å². The van der Waals surface area contributed by atoms with Gasteiger partial charge in [-0.25, -0.2) is 0 Å². The molecule has 1 aromatic rings. The number of anilines is 2. The lowest BCUT2D eigenvalue weighted by molar-refractivity contribution is -0.138. The van der Waals surface area contributed by atoms with Crippen molar-refractivity contribution < 1.29 is 9.53 Å². The highest BCUT2D eigenvalue weighted by atomic mass is 16.5. The van der Waals surface area contributed by atoms with Crippen LogP contribution in [0.5, 0.6) is 0 Å². The Hall–Kier alpha value is -1.71. The Morgan fingerprint density at radius 1 is 1.40 bits per heavy atom. The molecule has 4 nitrogen and oxygen atoms in total. The highest BCUT2D eigenvalue weighted by Crippen LogP contribution is 2.22. The minimum atomic E-state index is -0.274. The maximum Gasteiger partial charge on any atom is 0.325 e. The molecule has 0 unspecified atom stereocenters. The molecule has 0 atom stereocenters. The van der Waals surface area contributed by atoms with Gasteiger partial charge in [-0.15, -0.1) is 0 Å². The number of rotatable bonds is 4. The summed E-state index contributed by atoms with van der Waals surface area (Å²) in [6.45, 7) is 0.182. The van der Waals surface area contributed by atoms with E-state index in [0.29, 0.717) is 0 Å². The van der Waals surface area contributed by atoms with Gasteiger partial charge in [-0.2, -0.15) is 0 Å². The first kappa shape index (κ1) is 11.4. The molecule has 1 N–H and O–H groups in total. The number of nitrogens with one attached hydrogen (secondary N) is 1. The van der Waals surface area contributed by atoms with Crippen molar-refractivity contribution in [2.75, 3.05) is 38.0 Å². The number of nitrogens with zero attached hydrogens (tertiary/aromatic N) is 1. The number of carbonyl (C=O) groups excluding carboxylic acids is 1. The molecule has 82 valence electrons. The van der Waals surface area contributed by atoms with Crippen LogP contribution in [0.2, 0.25) is 0 Å². The lowest BCUT2D eigenvalue weighted by Crippen LogP contribution is -2.17. The number of methoxy groups -OCH3 is 1. The molecule has 0 amide bonds. The summed E-state index contributed by atoms with van der Waals surface area (Å²) >= 11 is 0. The van der Waals surface area contributed by atoms with Gasteiger partial charge in [0.2, 0.25) is 0 Å². The van der Waals surface area contributed by atoms with Gasteiger partial charge in [0.05, 0.1) is 18.5 Å². The van der Waals surface area contributed by atoms with Crippen LogP contribution in [0, 0.1) is 0 Å². The van der Waals surface area contributed by atoms with E-state index >= 15 is 0 Å². The van der Waals surface area contributed by atoms with E-state index in [-0.39, 0.29) is 12.5 Å². The summed E-state index contributed by atoms with van der Waals surface area (Å²) in [7, 11) is 5.29. The van der Waals surface area contributed by atoms with Crippen LogP contribution in [0.15, 0.2) is 24.3 Å². The summed E-state index contributed by atoms with van der Waals surface area (Å²) in [5, 5.41) is 3.03. The summed E-state index contributed by atoms with van der Waals surface area (Å²) in [6, 6.07) is 7.79. The SMILES string of the molecule is COC(=O)CNc1ccccc1N(C)C. The van der Waals surface area contributed by atoms with Gasteiger partial charge in [0, 0.05) is 14.1 Å². The molecule has 0 aliphatic heterocycles. The number of hydrogen-bond donors (Lipinski definition) is 1. The fourth-order valence-electron chi connectivity index (χ4n) is 1.25. The predicted molar refractivity (Wildman–Crippen MR) is 61.3 cm³/mol. The Bertz CT molecular complexity index is 337. The zero-order chi connectivity index (χ0) is 11.3. The minimum absolute atomic E-state index is 0.182. The zero-order valence-corrected chi connectivity index (χ0v) is 9.28. The summed E-state index contributed by atoms with van der Waals surface area (Å²) in [4.78, 5) is 13.0. The van der Waals surface area contributed by atoms with Gasteiger partial charge in [-0.3, -0.25) is 4.79 Å². The molecule has 4 heteroatoms. The molecule has 0 heterocycles. The maximum absolute atomic E-state index is 11.0. The Labute approximate surface area is 89.8 Å². The fraction of sp³-hybridized carbons (Fsp3) is 0.364. The molecule has 0 bridgehead atoms. The van der Waals surface area contributed by atoms with Crippen LogP contribution >= 0.6 is 0 Å². The van der Waals surface area contributed by atoms with Crippen molar-refractivity contribution in [3.63, 3.8) is 0 Å². The van der Waals surface area contributed by atoms with E-state index in [0.717, 1.165) is 11.4 Å². The van der Waals surface area contributed by atoms with Crippen molar-refractivity contribution in [2.24, 2.45) is 0 Å². The van der Waals surface area contributed by atoms with E-state index < -0.39 is 0 Å². The van der Waals surface area contributed by atoms with Crippen LogP contribution in [-0.2, 0) is 9.53 Å². The van der Waals surface area contributed by atoms with E-state index in [2.05, 4.69) is 10.1 Å². The lowest BCUT2D eigenvalue weighted by atomic mass is 10.2. The predicted octanol–water partition coefficient (Wildman–Crippen LogP) is 1.34. The number of esters is 1. The van der Waals surface area contributed by atoms with E-state index in [4.69, 9.17) is 0 Å². The van der Waals surface area contributed by atoms with Crippen molar-refractivity contribution in [3.8, 4) is 0 Å². The highest BCUT2D eigenvalue weighted by Gasteiger charge is 2.05. The summed E-state index contributed by atoms with van der Waals surface area (Å²) in [5.74, 6) is -0.274. The molecule has 1 rings (SSSR count). The Balaban J connectivity index is 2.71. The summed E-state index contributed by atoms with van der Waals surface area (Å²) in [6.07, 6.45) is 0. The van der Waals surface area contributed by atoms with Crippen molar-refractivity contribution >= 4 is 17.3 Å². The maximum atomic E-state index is 11.0.